The zero-order chi connectivity index (χ0) is 8.97. The van der Waals surface area contributed by atoms with E-state index in [2.05, 4.69) is 0 Å². The first-order valence-corrected chi connectivity index (χ1v) is 5.41. The monoisotopic (exact) mass is 186 g/mol. The Bertz CT molecular complexity index is 185. The van der Waals surface area contributed by atoms with E-state index >= 15 is 0 Å². The van der Waals surface area contributed by atoms with Crippen LogP contribution >= 0.6 is 11.8 Å². The summed E-state index contributed by atoms with van der Waals surface area (Å²) in [5, 5.41) is 0.0365. The van der Waals surface area contributed by atoms with Crippen molar-refractivity contribution < 1.29 is 9.59 Å². The van der Waals surface area contributed by atoms with Gasteiger partial charge in [-0.25, -0.2) is 0 Å². The van der Waals surface area contributed by atoms with Crippen LogP contribution in [0.25, 0.3) is 0 Å². The van der Waals surface area contributed by atoms with Crippen LogP contribution in [0.5, 0.6) is 0 Å². The van der Waals surface area contributed by atoms with Gasteiger partial charge in [-0.1, -0.05) is 25.1 Å². The number of hydrogen-bond acceptors (Lipinski definition) is 3. The molecule has 0 atom stereocenters. The highest BCUT2D eigenvalue weighted by Gasteiger charge is 2.26. The van der Waals surface area contributed by atoms with Crippen molar-refractivity contribution in [2.24, 2.45) is 5.92 Å². The molecule has 12 heavy (non-hydrogen) atoms. The summed E-state index contributed by atoms with van der Waals surface area (Å²) in [4.78, 5) is 22.3. The summed E-state index contributed by atoms with van der Waals surface area (Å²) in [6, 6.07) is 0. The summed E-state index contributed by atoms with van der Waals surface area (Å²) in [7, 11) is 0. The lowest BCUT2D eigenvalue weighted by atomic mass is 9.81. The van der Waals surface area contributed by atoms with Crippen molar-refractivity contribution in [2.45, 2.75) is 32.6 Å². The highest BCUT2D eigenvalue weighted by molar-refractivity contribution is 8.13. The zero-order valence-electron chi connectivity index (χ0n) is 7.34. The molecule has 3 heteroatoms. The molecule has 0 aromatic heterocycles. The van der Waals surface area contributed by atoms with Crippen LogP contribution in [0.1, 0.15) is 32.6 Å². The standard InChI is InChI=1S/C9H14O2S/c1-2-12-9(11)6-8(10)7-4-3-5-7/h7H,2-6H2,1H3. The number of Topliss-reactive ketones (excluding diaryl/α,β-unsaturated/α-hetero) is 1. The number of carbonyl (C=O) groups is 2. The van der Waals surface area contributed by atoms with Crippen LogP contribution in [-0.2, 0) is 9.59 Å². The summed E-state index contributed by atoms with van der Waals surface area (Å²) in [5.41, 5.74) is 0. The van der Waals surface area contributed by atoms with Gasteiger partial charge in [-0.05, 0) is 18.6 Å². The van der Waals surface area contributed by atoms with Crippen LogP contribution in [0, 0.1) is 5.92 Å². The van der Waals surface area contributed by atoms with Gasteiger partial charge in [-0.3, -0.25) is 9.59 Å². The minimum atomic E-state index is 0.0365. The highest BCUT2D eigenvalue weighted by atomic mass is 32.2. The molecule has 0 aliphatic heterocycles. The van der Waals surface area contributed by atoms with Gasteiger partial charge in [-0.2, -0.15) is 0 Å². The number of ketones is 1. The smallest absolute Gasteiger partial charge is 0.196 e. The minimum Gasteiger partial charge on any atom is -0.299 e. The van der Waals surface area contributed by atoms with Crippen molar-refractivity contribution in [2.75, 3.05) is 5.75 Å². The lowest BCUT2D eigenvalue weighted by molar-refractivity contribution is -0.128. The molecule has 0 N–H and O–H groups in total. The van der Waals surface area contributed by atoms with Gasteiger partial charge < -0.3 is 0 Å². The molecular formula is C9H14O2S. The number of thioether (sulfide) groups is 1. The Balaban J connectivity index is 2.20. The Hall–Kier alpha value is -0.310. The fourth-order valence-electron chi connectivity index (χ4n) is 1.23. The third kappa shape index (κ3) is 2.63. The molecule has 2 nitrogen and oxygen atoms in total. The second-order valence-electron chi connectivity index (χ2n) is 3.08. The molecule has 68 valence electrons. The van der Waals surface area contributed by atoms with Crippen LogP contribution in [0.2, 0.25) is 0 Å². The van der Waals surface area contributed by atoms with Crippen molar-refractivity contribution in [3.63, 3.8) is 0 Å². The van der Waals surface area contributed by atoms with Crippen molar-refractivity contribution in [3.8, 4) is 0 Å². The third-order valence-corrected chi connectivity index (χ3v) is 2.94. The maximum absolute atomic E-state index is 11.3. The fraction of sp³-hybridized carbons (Fsp3) is 0.778. The molecule has 0 spiro atoms. The Morgan fingerprint density at radius 1 is 1.42 bits per heavy atom. The SMILES string of the molecule is CCSC(=O)CC(=O)C1CCC1. The van der Waals surface area contributed by atoms with Gasteiger partial charge in [-0.15, -0.1) is 0 Å². The van der Waals surface area contributed by atoms with Gasteiger partial charge in [0.05, 0.1) is 6.42 Å². The number of rotatable bonds is 4. The average molecular weight is 186 g/mol. The molecule has 1 saturated carbocycles. The summed E-state index contributed by atoms with van der Waals surface area (Å²) < 4.78 is 0. The lowest BCUT2D eigenvalue weighted by Gasteiger charge is -2.23. The van der Waals surface area contributed by atoms with Crippen molar-refractivity contribution >= 4 is 22.7 Å². The maximum Gasteiger partial charge on any atom is 0.196 e. The topological polar surface area (TPSA) is 34.1 Å². The van der Waals surface area contributed by atoms with Crippen molar-refractivity contribution in [1.29, 1.82) is 0 Å². The van der Waals surface area contributed by atoms with Crippen LogP contribution in [0.4, 0.5) is 0 Å². The summed E-state index contributed by atoms with van der Waals surface area (Å²) in [6.07, 6.45) is 3.32. The first-order valence-electron chi connectivity index (χ1n) is 4.42. The summed E-state index contributed by atoms with van der Waals surface area (Å²) >= 11 is 1.25. The van der Waals surface area contributed by atoms with E-state index in [4.69, 9.17) is 0 Å². The summed E-state index contributed by atoms with van der Waals surface area (Å²) in [5.74, 6) is 1.15. The molecule has 1 fully saturated rings. The highest BCUT2D eigenvalue weighted by Crippen LogP contribution is 2.28. The molecule has 1 aliphatic carbocycles. The molecule has 0 amide bonds. The van der Waals surface area contributed by atoms with Crippen LogP contribution in [-0.4, -0.2) is 16.7 Å². The normalized spacial score (nSPS) is 17.1. The predicted molar refractivity (Wildman–Crippen MR) is 50.1 cm³/mol. The molecule has 0 aromatic rings. The van der Waals surface area contributed by atoms with Gasteiger partial charge in [0.15, 0.2) is 5.12 Å². The number of hydrogen-bond donors (Lipinski definition) is 0. The molecule has 0 unspecified atom stereocenters. The Morgan fingerprint density at radius 2 is 2.08 bits per heavy atom. The van der Waals surface area contributed by atoms with E-state index in [0.29, 0.717) is 0 Å². The second kappa shape index (κ2) is 4.65. The first-order chi connectivity index (χ1) is 5.74. The molecule has 1 aliphatic rings. The molecule has 0 saturated heterocycles. The van der Waals surface area contributed by atoms with Gasteiger partial charge in [0.2, 0.25) is 0 Å². The van der Waals surface area contributed by atoms with Gasteiger partial charge >= 0.3 is 0 Å². The predicted octanol–water partition coefficient (Wildman–Crippen LogP) is 2.03. The second-order valence-corrected chi connectivity index (χ2v) is 4.40. The average Bonchev–Trinajstić information content (AvgIpc) is 1.82. The van der Waals surface area contributed by atoms with Gasteiger partial charge in [0.1, 0.15) is 5.78 Å². The molecule has 0 heterocycles. The van der Waals surface area contributed by atoms with E-state index in [1.165, 1.54) is 11.8 Å². The van der Waals surface area contributed by atoms with Crippen LogP contribution in [0.15, 0.2) is 0 Å². The first kappa shape index (κ1) is 9.78. The van der Waals surface area contributed by atoms with E-state index in [9.17, 15) is 9.59 Å². The lowest BCUT2D eigenvalue weighted by Crippen LogP contribution is -2.23. The van der Waals surface area contributed by atoms with Crippen molar-refractivity contribution in [3.05, 3.63) is 0 Å². The Labute approximate surface area is 77.1 Å². The third-order valence-electron chi connectivity index (χ3n) is 2.18. The van der Waals surface area contributed by atoms with Crippen LogP contribution < -0.4 is 0 Å². The van der Waals surface area contributed by atoms with Gasteiger partial charge in [0, 0.05) is 5.92 Å². The molecule has 0 bridgehead atoms. The minimum absolute atomic E-state index is 0.0365. The Morgan fingerprint density at radius 3 is 2.50 bits per heavy atom. The van der Waals surface area contributed by atoms with E-state index in [0.717, 1.165) is 25.0 Å². The van der Waals surface area contributed by atoms with E-state index < -0.39 is 0 Å². The largest absolute Gasteiger partial charge is 0.299 e. The van der Waals surface area contributed by atoms with E-state index in [-0.39, 0.29) is 23.2 Å². The van der Waals surface area contributed by atoms with Crippen molar-refractivity contribution in [1.82, 2.24) is 0 Å². The fourth-order valence-corrected chi connectivity index (χ4v) is 1.80. The zero-order valence-corrected chi connectivity index (χ0v) is 8.15. The molecular weight excluding hydrogens is 172 g/mol. The number of carbonyl (C=O) groups excluding carboxylic acids is 2. The van der Waals surface area contributed by atoms with Gasteiger partial charge in [0.25, 0.3) is 0 Å². The van der Waals surface area contributed by atoms with Crippen LogP contribution in [0.3, 0.4) is 0 Å². The quantitative estimate of drug-likeness (QED) is 0.630. The van der Waals surface area contributed by atoms with E-state index in [1.54, 1.807) is 0 Å². The maximum atomic E-state index is 11.3. The summed E-state index contributed by atoms with van der Waals surface area (Å²) in [6.45, 7) is 1.93. The molecule has 0 radical (unpaired) electrons. The molecule has 1 rings (SSSR count). The Kier molecular flexibility index (Phi) is 3.79. The van der Waals surface area contributed by atoms with E-state index in [1.807, 2.05) is 6.92 Å². The molecule has 0 aromatic carbocycles.